The number of hydrogen-bond donors (Lipinski definition) is 1. The molecular formula is C14H18N2O. The van der Waals surface area contributed by atoms with Gasteiger partial charge >= 0.3 is 0 Å². The van der Waals surface area contributed by atoms with E-state index in [1.165, 1.54) is 5.56 Å². The van der Waals surface area contributed by atoms with E-state index in [1.807, 2.05) is 12.1 Å². The van der Waals surface area contributed by atoms with E-state index in [0.29, 0.717) is 12.0 Å². The fraction of sp³-hybridized carbons (Fsp3) is 0.500. The van der Waals surface area contributed by atoms with Crippen molar-refractivity contribution >= 4 is 11.1 Å². The number of oxazole rings is 1. The van der Waals surface area contributed by atoms with Crippen LogP contribution < -0.4 is 5.32 Å². The number of piperidine rings is 1. The van der Waals surface area contributed by atoms with Crippen LogP contribution in [-0.2, 0) is 0 Å². The predicted octanol–water partition coefficient (Wildman–Crippen LogP) is 2.99. The second-order valence-corrected chi connectivity index (χ2v) is 5.05. The van der Waals surface area contributed by atoms with Crippen LogP contribution in [0.15, 0.2) is 22.6 Å². The molecule has 0 radical (unpaired) electrons. The first-order valence-electron chi connectivity index (χ1n) is 6.33. The summed E-state index contributed by atoms with van der Waals surface area (Å²) >= 11 is 0. The van der Waals surface area contributed by atoms with E-state index in [-0.39, 0.29) is 0 Å². The van der Waals surface area contributed by atoms with Gasteiger partial charge in [0.2, 0.25) is 0 Å². The standard InChI is InChI=1S/C14H18N2O/c1-9-4-3-5-12-13(9)17-14(16-12)11-6-7-15-10(2)8-11/h3-5,10-11,15H,6-8H2,1-2H3. The molecule has 2 aromatic rings. The van der Waals surface area contributed by atoms with Gasteiger partial charge in [0, 0.05) is 12.0 Å². The molecule has 1 aliphatic heterocycles. The molecule has 2 heterocycles. The molecule has 1 aliphatic rings. The van der Waals surface area contributed by atoms with Gasteiger partial charge in [-0.15, -0.1) is 0 Å². The van der Waals surface area contributed by atoms with E-state index in [9.17, 15) is 0 Å². The zero-order valence-electron chi connectivity index (χ0n) is 10.4. The Labute approximate surface area is 101 Å². The normalized spacial score (nSPS) is 25.3. The molecule has 3 rings (SSSR count). The summed E-state index contributed by atoms with van der Waals surface area (Å²) in [5.74, 6) is 1.39. The minimum atomic E-state index is 0.470. The minimum Gasteiger partial charge on any atom is -0.440 e. The van der Waals surface area contributed by atoms with Gasteiger partial charge < -0.3 is 9.73 Å². The number of aryl methyl sites for hydroxylation is 1. The Hall–Kier alpha value is -1.35. The van der Waals surface area contributed by atoms with Crippen molar-refractivity contribution in [1.82, 2.24) is 10.3 Å². The van der Waals surface area contributed by atoms with Crippen LogP contribution in [0, 0.1) is 6.92 Å². The quantitative estimate of drug-likeness (QED) is 0.818. The first-order chi connectivity index (χ1) is 8.24. The summed E-state index contributed by atoms with van der Waals surface area (Å²) in [6.07, 6.45) is 2.24. The van der Waals surface area contributed by atoms with Crippen LogP contribution in [0.2, 0.25) is 0 Å². The van der Waals surface area contributed by atoms with Gasteiger partial charge in [0.1, 0.15) is 5.52 Å². The number of nitrogens with zero attached hydrogens (tertiary/aromatic N) is 1. The average molecular weight is 230 g/mol. The van der Waals surface area contributed by atoms with Crippen LogP contribution in [0.5, 0.6) is 0 Å². The Bertz CT molecular complexity index is 532. The zero-order chi connectivity index (χ0) is 11.8. The Morgan fingerprint density at radius 2 is 2.29 bits per heavy atom. The van der Waals surface area contributed by atoms with Gasteiger partial charge in [-0.1, -0.05) is 12.1 Å². The molecule has 1 aromatic carbocycles. The summed E-state index contributed by atoms with van der Waals surface area (Å²) in [5, 5.41) is 3.46. The molecule has 3 nitrogen and oxygen atoms in total. The van der Waals surface area contributed by atoms with Crippen molar-refractivity contribution < 1.29 is 4.42 Å². The van der Waals surface area contributed by atoms with E-state index in [2.05, 4.69) is 30.2 Å². The Morgan fingerprint density at radius 3 is 3.06 bits per heavy atom. The number of aromatic nitrogens is 1. The Balaban J connectivity index is 1.97. The third-order valence-electron chi connectivity index (χ3n) is 3.60. The lowest BCUT2D eigenvalue weighted by Gasteiger charge is -2.25. The molecule has 1 saturated heterocycles. The highest BCUT2D eigenvalue weighted by Gasteiger charge is 2.24. The van der Waals surface area contributed by atoms with Crippen molar-refractivity contribution in [1.29, 1.82) is 0 Å². The lowest BCUT2D eigenvalue weighted by Crippen LogP contribution is -2.34. The molecule has 90 valence electrons. The molecule has 0 amide bonds. The van der Waals surface area contributed by atoms with Gasteiger partial charge in [0.15, 0.2) is 11.5 Å². The van der Waals surface area contributed by atoms with Gasteiger partial charge in [-0.2, -0.15) is 0 Å². The van der Waals surface area contributed by atoms with Gasteiger partial charge in [-0.25, -0.2) is 4.98 Å². The lowest BCUT2D eigenvalue weighted by atomic mass is 9.93. The van der Waals surface area contributed by atoms with E-state index in [0.717, 1.165) is 36.4 Å². The molecule has 0 spiro atoms. The van der Waals surface area contributed by atoms with Crippen LogP contribution in [0.4, 0.5) is 0 Å². The molecular weight excluding hydrogens is 212 g/mol. The molecule has 1 N–H and O–H groups in total. The highest BCUT2D eigenvalue weighted by atomic mass is 16.3. The molecule has 2 unspecified atom stereocenters. The number of para-hydroxylation sites is 1. The number of rotatable bonds is 1. The fourth-order valence-electron chi connectivity index (χ4n) is 2.63. The van der Waals surface area contributed by atoms with Gasteiger partial charge in [0.05, 0.1) is 0 Å². The van der Waals surface area contributed by atoms with E-state index >= 15 is 0 Å². The number of fused-ring (bicyclic) bond motifs is 1. The molecule has 17 heavy (non-hydrogen) atoms. The highest BCUT2D eigenvalue weighted by molar-refractivity contribution is 5.76. The summed E-state index contributed by atoms with van der Waals surface area (Å²) < 4.78 is 5.95. The van der Waals surface area contributed by atoms with E-state index in [4.69, 9.17) is 4.42 Å². The zero-order valence-corrected chi connectivity index (χ0v) is 10.4. The highest BCUT2D eigenvalue weighted by Crippen LogP contribution is 2.30. The van der Waals surface area contributed by atoms with Crippen molar-refractivity contribution in [3.63, 3.8) is 0 Å². The molecule has 2 atom stereocenters. The predicted molar refractivity (Wildman–Crippen MR) is 68.2 cm³/mol. The molecule has 0 aliphatic carbocycles. The van der Waals surface area contributed by atoms with Crippen LogP contribution >= 0.6 is 0 Å². The monoisotopic (exact) mass is 230 g/mol. The van der Waals surface area contributed by atoms with Crippen molar-refractivity contribution in [2.75, 3.05) is 6.54 Å². The van der Waals surface area contributed by atoms with Gasteiger partial charge in [-0.3, -0.25) is 0 Å². The van der Waals surface area contributed by atoms with Crippen LogP contribution in [0.1, 0.15) is 37.1 Å². The molecule has 1 aromatic heterocycles. The number of benzene rings is 1. The SMILES string of the molecule is Cc1cccc2nc(C3CCNC(C)C3)oc12. The smallest absolute Gasteiger partial charge is 0.198 e. The van der Waals surface area contributed by atoms with Crippen molar-refractivity contribution in [2.24, 2.45) is 0 Å². The first kappa shape index (κ1) is 10.8. The third kappa shape index (κ3) is 1.95. The average Bonchev–Trinajstić information content (AvgIpc) is 2.74. The van der Waals surface area contributed by atoms with Crippen LogP contribution in [0.3, 0.4) is 0 Å². The maximum atomic E-state index is 5.95. The van der Waals surface area contributed by atoms with E-state index < -0.39 is 0 Å². The summed E-state index contributed by atoms with van der Waals surface area (Å²) in [4.78, 5) is 4.64. The number of nitrogens with one attached hydrogen (secondary N) is 1. The number of hydrogen-bond acceptors (Lipinski definition) is 3. The van der Waals surface area contributed by atoms with Crippen LogP contribution in [-0.4, -0.2) is 17.6 Å². The van der Waals surface area contributed by atoms with Crippen LogP contribution in [0.25, 0.3) is 11.1 Å². The topological polar surface area (TPSA) is 38.1 Å². The molecule has 0 bridgehead atoms. The molecule has 0 saturated carbocycles. The second kappa shape index (κ2) is 4.15. The minimum absolute atomic E-state index is 0.470. The summed E-state index contributed by atoms with van der Waals surface area (Å²) in [5.41, 5.74) is 3.11. The Morgan fingerprint density at radius 1 is 1.41 bits per heavy atom. The third-order valence-corrected chi connectivity index (χ3v) is 3.60. The summed E-state index contributed by atoms with van der Waals surface area (Å²) in [6.45, 7) is 5.35. The van der Waals surface area contributed by atoms with Crippen molar-refractivity contribution in [2.45, 2.75) is 38.6 Å². The molecule has 1 fully saturated rings. The largest absolute Gasteiger partial charge is 0.440 e. The van der Waals surface area contributed by atoms with Gasteiger partial charge in [0.25, 0.3) is 0 Å². The summed E-state index contributed by atoms with van der Waals surface area (Å²) in [6, 6.07) is 6.70. The van der Waals surface area contributed by atoms with Crippen molar-refractivity contribution in [3.8, 4) is 0 Å². The van der Waals surface area contributed by atoms with Crippen molar-refractivity contribution in [3.05, 3.63) is 29.7 Å². The maximum Gasteiger partial charge on any atom is 0.198 e. The fourth-order valence-corrected chi connectivity index (χ4v) is 2.63. The lowest BCUT2D eigenvalue weighted by molar-refractivity contribution is 0.335. The second-order valence-electron chi connectivity index (χ2n) is 5.05. The Kier molecular flexibility index (Phi) is 2.63. The molecule has 3 heteroatoms. The van der Waals surface area contributed by atoms with Gasteiger partial charge in [-0.05, 0) is 44.9 Å². The summed E-state index contributed by atoms with van der Waals surface area (Å²) in [7, 11) is 0. The first-order valence-corrected chi connectivity index (χ1v) is 6.33. The van der Waals surface area contributed by atoms with E-state index in [1.54, 1.807) is 0 Å². The maximum absolute atomic E-state index is 5.95.